The van der Waals surface area contributed by atoms with Crippen molar-refractivity contribution in [1.29, 1.82) is 0 Å². The van der Waals surface area contributed by atoms with Crippen LogP contribution in [0.25, 0.3) is 10.9 Å². The van der Waals surface area contributed by atoms with Crippen LogP contribution >= 0.6 is 0 Å². The molecule has 0 aliphatic carbocycles. The average molecular weight is 336 g/mol. The normalized spacial score (nSPS) is 11.7. The predicted molar refractivity (Wildman–Crippen MR) is 89.5 cm³/mol. The summed E-state index contributed by atoms with van der Waals surface area (Å²) in [6.07, 6.45) is 0.700. The van der Waals surface area contributed by atoms with Gasteiger partial charge in [-0.1, -0.05) is 19.6 Å². The van der Waals surface area contributed by atoms with Gasteiger partial charge in [-0.2, -0.15) is 5.10 Å². The Morgan fingerprint density at radius 2 is 2.09 bits per heavy atom. The third kappa shape index (κ3) is 4.23. The predicted octanol–water partition coefficient (Wildman–Crippen LogP) is 3.13. The van der Waals surface area contributed by atoms with E-state index in [-0.39, 0.29) is 6.73 Å². The van der Waals surface area contributed by atoms with E-state index >= 15 is 0 Å². The monoisotopic (exact) mass is 336 g/mol. The number of carbonyl (C=O) groups is 1. The number of ether oxygens (including phenoxy) is 1. The average Bonchev–Trinajstić information content (AvgIpc) is 2.87. The van der Waals surface area contributed by atoms with Gasteiger partial charge in [0.2, 0.25) is 0 Å². The van der Waals surface area contributed by atoms with Crippen LogP contribution in [0.15, 0.2) is 18.2 Å². The first kappa shape index (κ1) is 17.3. The van der Waals surface area contributed by atoms with Crippen molar-refractivity contribution in [2.45, 2.75) is 32.4 Å². The third-order valence-electron chi connectivity index (χ3n) is 3.46. The summed E-state index contributed by atoms with van der Waals surface area (Å²) in [6.45, 7) is 7.74. The summed E-state index contributed by atoms with van der Waals surface area (Å²) in [6, 6.07) is 5.96. The second-order valence-electron chi connectivity index (χ2n) is 6.49. The summed E-state index contributed by atoms with van der Waals surface area (Å²) in [7, 11) is 0.142. The van der Waals surface area contributed by atoms with E-state index in [1.54, 1.807) is 22.9 Å². The fourth-order valence-corrected chi connectivity index (χ4v) is 2.88. The second kappa shape index (κ2) is 7.01. The van der Waals surface area contributed by atoms with Gasteiger partial charge in [0.1, 0.15) is 12.4 Å². The summed E-state index contributed by atoms with van der Waals surface area (Å²) >= 11 is 0. The Balaban J connectivity index is 2.24. The van der Waals surface area contributed by atoms with E-state index in [9.17, 15) is 9.70 Å². The van der Waals surface area contributed by atoms with Gasteiger partial charge in [0.25, 0.3) is 4.92 Å². The van der Waals surface area contributed by atoms with Crippen LogP contribution in [0.5, 0.6) is 0 Å². The molecule has 124 valence electrons. The lowest BCUT2D eigenvalue weighted by atomic mass is 10.2. The lowest BCUT2D eigenvalue weighted by Gasteiger charge is -2.15. The Morgan fingerprint density at radius 3 is 2.70 bits per heavy atom. The van der Waals surface area contributed by atoms with E-state index in [1.807, 2.05) is 0 Å². The summed E-state index contributed by atoms with van der Waals surface area (Å²) < 4.78 is 7.28. The molecule has 7 nitrogen and oxygen atoms in total. The molecule has 0 spiro atoms. The van der Waals surface area contributed by atoms with Crippen molar-refractivity contribution in [1.82, 2.24) is 9.78 Å². The molecular formula is C15H22N3O4Si+. The van der Waals surface area contributed by atoms with Gasteiger partial charge in [0, 0.05) is 32.2 Å². The highest BCUT2D eigenvalue weighted by Gasteiger charge is 2.19. The number of hydrogen-bond acceptors (Lipinski definition) is 5. The van der Waals surface area contributed by atoms with Gasteiger partial charge >= 0.3 is 5.69 Å². The highest BCUT2D eigenvalue weighted by molar-refractivity contribution is 6.76. The molecule has 0 unspecified atom stereocenters. The minimum absolute atomic E-state index is 0.240. The van der Waals surface area contributed by atoms with E-state index < -0.39 is 8.07 Å². The van der Waals surface area contributed by atoms with Crippen molar-refractivity contribution in [3.05, 3.63) is 28.8 Å². The zero-order chi connectivity index (χ0) is 17.0. The van der Waals surface area contributed by atoms with Crippen molar-refractivity contribution in [2.24, 2.45) is 0 Å². The molecule has 0 amide bonds. The molecule has 0 bridgehead atoms. The van der Waals surface area contributed by atoms with Crippen LogP contribution in [0.3, 0.4) is 0 Å². The number of nitrogens with zero attached hydrogens (tertiary/aromatic N) is 3. The zero-order valence-electron chi connectivity index (χ0n) is 13.9. The van der Waals surface area contributed by atoms with Gasteiger partial charge in [-0.15, -0.1) is 0 Å². The standard InChI is InChI=1S/C15H22N3O4Si/c1-21-18(20)12-5-6-13-14(10-19)16-17(15(13)9-12)11-22-7-8-23(2,3)4/h5-6,9-10H,7-8,11H2,1-4H3/q+1. The first-order chi connectivity index (χ1) is 10.9. The van der Waals surface area contributed by atoms with Gasteiger partial charge in [0.15, 0.2) is 13.4 Å². The lowest BCUT2D eigenvalue weighted by Crippen LogP contribution is -2.22. The smallest absolute Gasteiger partial charge is 0.318 e. The van der Waals surface area contributed by atoms with Crippen LogP contribution in [0.2, 0.25) is 25.7 Å². The molecule has 2 aromatic rings. The minimum Gasteiger partial charge on any atom is -0.360 e. The van der Waals surface area contributed by atoms with Gasteiger partial charge < -0.3 is 4.74 Å². The van der Waals surface area contributed by atoms with Crippen molar-refractivity contribution in [3.8, 4) is 0 Å². The van der Waals surface area contributed by atoms with Crippen LogP contribution < -0.4 is 0 Å². The number of rotatable bonds is 8. The van der Waals surface area contributed by atoms with Crippen molar-refractivity contribution >= 4 is 31.0 Å². The van der Waals surface area contributed by atoms with E-state index in [1.165, 1.54) is 7.11 Å². The molecule has 1 heterocycles. The van der Waals surface area contributed by atoms with Crippen LogP contribution in [0.1, 0.15) is 10.5 Å². The molecule has 1 aromatic heterocycles. The number of benzene rings is 1. The molecule has 2 rings (SSSR count). The Hall–Kier alpha value is -2.06. The Bertz CT molecular complexity index is 721. The first-order valence-corrected chi connectivity index (χ1v) is 11.1. The molecule has 0 radical (unpaired) electrons. The van der Waals surface area contributed by atoms with Crippen LogP contribution in [-0.4, -0.2) is 42.8 Å². The molecule has 0 N–H and O–H groups in total. The maximum atomic E-state index is 11.6. The quantitative estimate of drug-likeness (QED) is 0.320. The summed E-state index contributed by atoms with van der Waals surface area (Å²) in [5.74, 6) is 0. The molecule has 0 aliphatic rings. The van der Waals surface area contributed by atoms with E-state index in [0.29, 0.717) is 40.1 Å². The molecule has 0 saturated carbocycles. The van der Waals surface area contributed by atoms with Gasteiger partial charge in [-0.05, 0) is 12.1 Å². The molecule has 0 atom stereocenters. The third-order valence-corrected chi connectivity index (χ3v) is 5.17. The Kier molecular flexibility index (Phi) is 5.27. The molecular weight excluding hydrogens is 314 g/mol. The maximum absolute atomic E-state index is 11.6. The van der Waals surface area contributed by atoms with Crippen molar-refractivity contribution < 1.29 is 19.3 Å². The highest BCUT2D eigenvalue weighted by Crippen LogP contribution is 2.23. The van der Waals surface area contributed by atoms with Crippen molar-refractivity contribution in [2.75, 3.05) is 13.7 Å². The molecule has 1 aromatic carbocycles. The van der Waals surface area contributed by atoms with Crippen LogP contribution in [0.4, 0.5) is 5.69 Å². The molecule has 0 fully saturated rings. The molecule has 8 heteroatoms. The number of fused-ring (bicyclic) bond motifs is 1. The number of aromatic nitrogens is 2. The SMILES string of the molecule is CO[N+](=O)c1ccc2c(C=O)nn(COCC[Si](C)(C)C)c2c1. The summed E-state index contributed by atoms with van der Waals surface area (Å²) in [5.41, 5.74) is 1.33. The van der Waals surface area contributed by atoms with E-state index in [2.05, 4.69) is 29.6 Å². The van der Waals surface area contributed by atoms with Gasteiger partial charge in [-0.25, -0.2) is 9.52 Å². The number of hydrogen-bond donors (Lipinski definition) is 0. The summed E-state index contributed by atoms with van der Waals surface area (Å²) in [4.78, 5) is 27.8. The topological polar surface area (TPSA) is 73.4 Å². The van der Waals surface area contributed by atoms with E-state index in [4.69, 9.17) is 4.74 Å². The van der Waals surface area contributed by atoms with Crippen LogP contribution in [0, 0.1) is 4.91 Å². The van der Waals surface area contributed by atoms with Gasteiger partial charge in [0.05, 0.1) is 10.4 Å². The summed E-state index contributed by atoms with van der Waals surface area (Å²) in [5, 5.41) is 4.92. The van der Waals surface area contributed by atoms with Crippen LogP contribution in [-0.2, 0) is 16.3 Å². The highest BCUT2D eigenvalue weighted by atomic mass is 28.3. The fourth-order valence-electron chi connectivity index (χ4n) is 2.12. The largest absolute Gasteiger partial charge is 0.360 e. The zero-order valence-corrected chi connectivity index (χ0v) is 14.9. The molecule has 0 aliphatic heterocycles. The minimum atomic E-state index is -1.15. The van der Waals surface area contributed by atoms with E-state index in [0.717, 1.165) is 6.04 Å². The number of carbonyl (C=O) groups excluding carboxylic acids is 1. The molecule has 23 heavy (non-hydrogen) atoms. The first-order valence-electron chi connectivity index (χ1n) is 7.40. The number of aldehydes is 1. The Morgan fingerprint density at radius 1 is 1.35 bits per heavy atom. The second-order valence-corrected chi connectivity index (χ2v) is 12.1. The maximum Gasteiger partial charge on any atom is 0.318 e. The fraction of sp³-hybridized carbons (Fsp3) is 0.467. The van der Waals surface area contributed by atoms with Gasteiger partial charge in [-0.3, -0.25) is 4.79 Å². The lowest BCUT2D eigenvalue weighted by molar-refractivity contribution is -0.736. The Labute approximate surface area is 135 Å². The molecule has 0 saturated heterocycles. The van der Waals surface area contributed by atoms with Crippen molar-refractivity contribution in [3.63, 3.8) is 0 Å².